The Bertz CT molecular complexity index is 381. The molecule has 0 saturated carbocycles. The predicted octanol–water partition coefficient (Wildman–Crippen LogP) is 2.22. The van der Waals surface area contributed by atoms with E-state index in [9.17, 15) is 9.18 Å². The molecule has 1 heterocycles. The molecule has 2 N–H and O–H groups in total. The third-order valence-electron chi connectivity index (χ3n) is 1.86. The Kier molecular flexibility index (Phi) is 1.95. The zero-order valence-electron chi connectivity index (χ0n) is 6.53. The number of anilines is 1. The minimum absolute atomic E-state index is 0.262. The Hall–Kier alpha value is -1.10. The maximum atomic E-state index is 13.4. The Labute approximate surface area is 82.4 Å². The molecule has 1 aliphatic rings. The number of urea groups is 1. The molecule has 1 aromatic carbocycles. The fourth-order valence-corrected chi connectivity index (χ4v) is 1.54. The second-order valence-electron chi connectivity index (χ2n) is 2.70. The van der Waals surface area contributed by atoms with Crippen LogP contribution in [0.2, 0.25) is 0 Å². The number of benzene rings is 1. The van der Waals surface area contributed by atoms with Crippen molar-refractivity contribution in [3.05, 3.63) is 28.0 Å². The molecule has 0 atom stereocenters. The second kappa shape index (κ2) is 2.99. The van der Waals surface area contributed by atoms with Crippen molar-refractivity contribution in [3.8, 4) is 0 Å². The lowest BCUT2D eigenvalue weighted by Crippen LogP contribution is -2.33. The SMILES string of the molecule is O=C1NCc2ccc(Br)c(F)c2N1. The Morgan fingerprint density at radius 2 is 2.23 bits per heavy atom. The average molecular weight is 245 g/mol. The fourth-order valence-electron chi connectivity index (χ4n) is 1.21. The lowest BCUT2D eigenvalue weighted by Gasteiger charge is -2.18. The molecule has 2 amide bonds. The zero-order valence-corrected chi connectivity index (χ0v) is 8.11. The van der Waals surface area contributed by atoms with Crippen molar-refractivity contribution < 1.29 is 9.18 Å². The molecule has 0 saturated heterocycles. The minimum atomic E-state index is -0.424. The average Bonchev–Trinajstić information content (AvgIpc) is 2.12. The largest absolute Gasteiger partial charge is 0.334 e. The van der Waals surface area contributed by atoms with E-state index in [1.165, 1.54) is 0 Å². The fraction of sp³-hybridized carbons (Fsp3) is 0.125. The van der Waals surface area contributed by atoms with Crippen LogP contribution in [0, 0.1) is 5.82 Å². The van der Waals surface area contributed by atoms with E-state index in [1.807, 2.05) is 0 Å². The van der Waals surface area contributed by atoms with Crippen LogP contribution < -0.4 is 10.6 Å². The van der Waals surface area contributed by atoms with Crippen molar-refractivity contribution in [3.63, 3.8) is 0 Å². The number of hydrogen-bond acceptors (Lipinski definition) is 1. The van der Waals surface area contributed by atoms with Crippen LogP contribution in [0.15, 0.2) is 16.6 Å². The van der Waals surface area contributed by atoms with E-state index in [0.29, 0.717) is 11.0 Å². The molecule has 0 unspecified atom stereocenters. The monoisotopic (exact) mass is 244 g/mol. The molecule has 68 valence electrons. The normalized spacial score (nSPS) is 14.5. The highest BCUT2D eigenvalue weighted by atomic mass is 79.9. The van der Waals surface area contributed by atoms with Crippen LogP contribution in [0.3, 0.4) is 0 Å². The maximum absolute atomic E-state index is 13.4. The summed E-state index contributed by atoms with van der Waals surface area (Å²) in [5, 5.41) is 4.97. The Morgan fingerprint density at radius 3 is 3.00 bits per heavy atom. The molecular weight excluding hydrogens is 239 g/mol. The van der Waals surface area contributed by atoms with Gasteiger partial charge in [-0.3, -0.25) is 0 Å². The minimum Gasteiger partial charge on any atom is -0.334 e. The lowest BCUT2D eigenvalue weighted by molar-refractivity contribution is 0.250. The molecule has 0 aromatic heterocycles. The van der Waals surface area contributed by atoms with Gasteiger partial charge >= 0.3 is 6.03 Å². The molecule has 5 heteroatoms. The molecule has 3 nitrogen and oxygen atoms in total. The first-order valence-corrected chi connectivity index (χ1v) is 4.49. The molecule has 0 fully saturated rings. The summed E-state index contributed by atoms with van der Waals surface area (Å²) in [5.41, 5.74) is 1.01. The van der Waals surface area contributed by atoms with E-state index in [4.69, 9.17) is 0 Å². The first-order valence-electron chi connectivity index (χ1n) is 3.70. The number of rotatable bonds is 0. The lowest BCUT2D eigenvalue weighted by atomic mass is 10.1. The van der Waals surface area contributed by atoms with Crippen molar-refractivity contribution in [2.75, 3.05) is 5.32 Å². The standard InChI is InChI=1S/C8H6BrFN2O/c9-5-2-1-4-3-11-8(13)12-7(4)6(5)10/h1-2H,3H2,(H2,11,12,13). The van der Waals surface area contributed by atoms with Crippen molar-refractivity contribution in [1.82, 2.24) is 5.32 Å². The van der Waals surface area contributed by atoms with Gasteiger partial charge in [0.05, 0.1) is 10.2 Å². The summed E-state index contributed by atoms with van der Waals surface area (Å²) in [6.07, 6.45) is 0. The Morgan fingerprint density at radius 1 is 1.46 bits per heavy atom. The van der Waals surface area contributed by atoms with Gasteiger partial charge < -0.3 is 10.6 Å². The van der Waals surface area contributed by atoms with Crippen LogP contribution in [-0.4, -0.2) is 6.03 Å². The van der Waals surface area contributed by atoms with E-state index in [0.717, 1.165) is 5.56 Å². The summed E-state index contributed by atoms with van der Waals surface area (Å²) in [4.78, 5) is 10.9. The van der Waals surface area contributed by atoms with Gasteiger partial charge in [-0.1, -0.05) is 6.07 Å². The summed E-state index contributed by atoms with van der Waals surface area (Å²) >= 11 is 3.05. The van der Waals surface area contributed by atoms with Gasteiger partial charge in [-0.05, 0) is 27.6 Å². The van der Waals surface area contributed by atoms with E-state index in [1.54, 1.807) is 12.1 Å². The second-order valence-corrected chi connectivity index (χ2v) is 3.56. The highest BCUT2D eigenvalue weighted by Crippen LogP contribution is 2.28. The summed E-state index contributed by atoms with van der Waals surface area (Å²) < 4.78 is 13.7. The summed E-state index contributed by atoms with van der Waals surface area (Å²) in [6.45, 7) is 0.366. The Balaban J connectivity index is 2.54. The van der Waals surface area contributed by atoms with Crippen LogP contribution in [0.5, 0.6) is 0 Å². The zero-order chi connectivity index (χ0) is 9.42. The van der Waals surface area contributed by atoms with Crippen molar-refractivity contribution in [2.24, 2.45) is 0 Å². The number of fused-ring (bicyclic) bond motifs is 1. The van der Waals surface area contributed by atoms with Gasteiger partial charge in [-0.15, -0.1) is 0 Å². The highest BCUT2D eigenvalue weighted by molar-refractivity contribution is 9.10. The summed E-state index contributed by atoms with van der Waals surface area (Å²) in [6, 6.07) is 3.01. The van der Waals surface area contributed by atoms with E-state index >= 15 is 0 Å². The quantitative estimate of drug-likeness (QED) is 0.722. The van der Waals surface area contributed by atoms with Gasteiger partial charge in [0.2, 0.25) is 0 Å². The van der Waals surface area contributed by atoms with Gasteiger partial charge in [0.25, 0.3) is 0 Å². The van der Waals surface area contributed by atoms with E-state index in [-0.39, 0.29) is 11.7 Å². The van der Waals surface area contributed by atoms with Gasteiger partial charge in [-0.2, -0.15) is 0 Å². The first-order chi connectivity index (χ1) is 6.18. The molecule has 0 bridgehead atoms. The topological polar surface area (TPSA) is 41.1 Å². The molecule has 0 spiro atoms. The van der Waals surface area contributed by atoms with Gasteiger partial charge in [-0.25, -0.2) is 9.18 Å². The van der Waals surface area contributed by atoms with Crippen LogP contribution in [0.25, 0.3) is 0 Å². The number of halogens is 2. The number of hydrogen-bond donors (Lipinski definition) is 2. The molecule has 0 radical (unpaired) electrons. The molecule has 1 aromatic rings. The van der Waals surface area contributed by atoms with Crippen LogP contribution >= 0.6 is 15.9 Å². The molecule has 13 heavy (non-hydrogen) atoms. The highest BCUT2D eigenvalue weighted by Gasteiger charge is 2.18. The first kappa shape index (κ1) is 8.50. The van der Waals surface area contributed by atoms with Crippen molar-refractivity contribution >= 4 is 27.6 Å². The molecule has 2 rings (SSSR count). The number of amides is 2. The summed E-state index contributed by atoms with van der Waals surface area (Å²) in [7, 11) is 0. The number of carbonyl (C=O) groups is 1. The van der Waals surface area contributed by atoms with E-state index in [2.05, 4.69) is 26.6 Å². The number of nitrogens with one attached hydrogen (secondary N) is 2. The third-order valence-corrected chi connectivity index (χ3v) is 2.47. The van der Waals surface area contributed by atoms with Crippen molar-refractivity contribution in [2.45, 2.75) is 6.54 Å². The van der Waals surface area contributed by atoms with Crippen LogP contribution in [0.4, 0.5) is 14.9 Å². The van der Waals surface area contributed by atoms with Crippen LogP contribution in [-0.2, 0) is 6.54 Å². The van der Waals surface area contributed by atoms with E-state index < -0.39 is 5.82 Å². The smallest absolute Gasteiger partial charge is 0.319 e. The third kappa shape index (κ3) is 1.39. The van der Waals surface area contributed by atoms with Gasteiger partial charge in [0, 0.05) is 6.54 Å². The molecular formula is C8H6BrFN2O. The van der Waals surface area contributed by atoms with Crippen molar-refractivity contribution in [1.29, 1.82) is 0 Å². The molecule has 0 aliphatic carbocycles. The van der Waals surface area contributed by atoms with Gasteiger partial charge in [0.15, 0.2) is 5.82 Å². The predicted molar refractivity (Wildman–Crippen MR) is 50.0 cm³/mol. The molecule has 1 aliphatic heterocycles. The number of carbonyl (C=O) groups excluding carboxylic acids is 1. The van der Waals surface area contributed by atoms with Crippen LogP contribution in [0.1, 0.15) is 5.56 Å². The maximum Gasteiger partial charge on any atom is 0.319 e. The summed E-state index contributed by atoms with van der Waals surface area (Å²) in [5.74, 6) is -0.424. The van der Waals surface area contributed by atoms with Gasteiger partial charge in [0.1, 0.15) is 0 Å².